The molecule has 4 nitrogen and oxygen atoms in total. The van der Waals surface area contributed by atoms with Gasteiger partial charge in [-0.25, -0.2) is 9.97 Å². The molecule has 88 valence electrons. The van der Waals surface area contributed by atoms with Crippen molar-refractivity contribution in [3.05, 3.63) is 16.9 Å². The Bertz CT molecular complexity index is 364. The second kappa shape index (κ2) is 4.97. The number of hydrogen-bond acceptors (Lipinski definition) is 4. The molecule has 1 aliphatic heterocycles. The fourth-order valence-corrected chi connectivity index (χ4v) is 2.00. The van der Waals surface area contributed by atoms with E-state index in [2.05, 4.69) is 28.7 Å². The molecular weight excluding hydrogens is 226 g/mol. The van der Waals surface area contributed by atoms with Gasteiger partial charge < -0.3 is 9.64 Å². The fraction of sp³-hybridized carbons (Fsp3) is 0.636. The van der Waals surface area contributed by atoms with Crippen molar-refractivity contribution >= 4 is 17.5 Å². The molecular formula is C11H16ClN3O. The first kappa shape index (κ1) is 11.6. The van der Waals surface area contributed by atoms with Crippen LogP contribution in [0.4, 0.5) is 5.95 Å². The van der Waals surface area contributed by atoms with E-state index in [4.69, 9.17) is 16.3 Å². The van der Waals surface area contributed by atoms with Gasteiger partial charge in [0.1, 0.15) is 0 Å². The summed E-state index contributed by atoms with van der Waals surface area (Å²) in [6.07, 6.45) is 1.69. The van der Waals surface area contributed by atoms with Crippen LogP contribution in [0.3, 0.4) is 0 Å². The summed E-state index contributed by atoms with van der Waals surface area (Å²) in [5.41, 5.74) is 0.915. The van der Waals surface area contributed by atoms with Gasteiger partial charge in [0.2, 0.25) is 5.95 Å². The standard InChI is InChI=1S/C11H16ClN3O/c1-8(2)10-9(12)7-13-11(14-10)15-3-5-16-6-4-15/h7-8H,3-6H2,1-2H3. The lowest BCUT2D eigenvalue weighted by Crippen LogP contribution is -2.37. The molecule has 0 N–H and O–H groups in total. The van der Waals surface area contributed by atoms with Gasteiger partial charge in [0, 0.05) is 13.1 Å². The smallest absolute Gasteiger partial charge is 0.225 e. The van der Waals surface area contributed by atoms with E-state index < -0.39 is 0 Å². The highest BCUT2D eigenvalue weighted by Gasteiger charge is 2.16. The summed E-state index contributed by atoms with van der Waals surface area (Å²) in [7, 11) is 0. The SMILES string of the molecule is CC(C)c1nc(N2CCOCC2)ncc1Cl. The van der Waals surface area contributed by atoms with E-state index in [9.17, 15) is 0 Å². The lowest BCUT2D eigenvalue weighted by molar-refractivity contribution is 0.122. The monoisotopic (exact) mass is 241 g/mol. The van der Waals surface area contributed by atoms with E-state index in [1.54, 1.807) is 6.20 Å². The average molecular weight is 242 g/mol. The summed E-state index contributed by atoms with van der Waals surface area (Å²) < 4.78 is 5.30. The van der Waals surface area contributed by atoms with Crippen molar-refractivity contribution in [2.24, 2.45) is 0 Å². The van der Waals surface area contributed by atoms with Crippen LogP contribution in [0.25, 0.3) is 0 Å². The maximum absolute atomic E-state index is 6.06. The molecule has 1 saturated heterocycles. The summed E-state index contributed by atoms with van der Waals surface area (Å²) in [4.78, 5) is 10.9. The largest absolute Gasteiger partial charge is 0.378 e. The predicted molar refractivity (Wildman–Crippen MR) is 64.2 cm³/mol. The Balaban J connectivity index is 2.24. The van der Waals surface area contributed by atoms with Gasteiger partial charge in [-0.05, 0) is 5.92 Å². The first-order valence-electron chi connectivity index (χ1n) is 5.53. The first-order chi connectivity index (χ1) is 7.68. The molecule has 16 heavy (non-hydrogen) atoms. The molecule has 0 unspecified atom stereocenters. The molecule has 0 aliphatic carbocycles. The highest BCUT2D eigenvalue weighted by Crippen LogP contribution is 2.23. The van der Waals surface area contributed by atoms with E-state index in [1.165, 1.54) is 0 Å². The van der Waals surface area contributed by atoms with E-state index in [1.807, 2.05) is 0 Å². The Hall–Kier alpha value is -0.870. The molecule has 0 bridgehead atoms. The van der Waals surface area contributed by atoms with Gasteiger partial charge in [-0.15, -0.1) is 0 Å². The van der Waals surface area contributed by atoms with Crippen LogP contribution in [0.1, 0.15) is 25.5 Å². The van der Waals surface area contributed by atoms with Crippen molar-refractivity contribution in [2.75, 3.05) is 31.2 Å². The Morgan fingerprint density at radius 3 is 2.69 bits per heavy atom. The molecule has 2 rings (SSSR count). The van der Waals surface area contributed by atoms with Gasteiger partial charge in [0.25, 0.3) is 0 Å². The van der Waals surface area contributed by atoms with Crippen molar-refractivity contribution < 1.29 is 4.74 Å². The van der Waals surface area contributed by atoms with Crippen molar-refractivity contribution in [2.45, 2.75) is 19.8 Å². The molecule has 0 radical (unpaired) electrons. The molecule has 1 fully saturated rings. The molecule has 2 heterocycles. The average Bonchev–Trinajstić information content (AvgIpc) is 2.30. The summed E-state index contributed by atoms with van der Waals surface area (Å²) in [5.74, 6) is 1.08. The van der Waals surface area contributed by atoms with Crippen LogP contribution in [0.5, 0.6) is 0 Å². The zero-order chi connectivity index (χ0) is 11.5. The zero-order valence-corrected chi connectivity index (χ0v) is 10.4. The Morgan fingerprint density at radius 1 is 1.38 bits per heavy atom. The van der Waals surface area contributed by atoms with E-state index in [0.717, 1.165) is 37.9 Å². The molecule has 1 aliphatic rings. The minimum absolute atomic E-state index is 0.315. The van der Waals surface area contributed by atoms with Gasteiger partial charge in [0.05, 0.1) is 30.1 Å². The molecule has 5 heteroatoms. The predicted octanol–water partition coefficient (Wildman–Crippen LogP) is 2.09. The molecule has 0 saturated carbocycles. The maximum Gasteiger partial charge on any atom is 0.225 e. The quantitative estimate of drug-likeness (QED) is 0.795. The number of ether oxygens (including phenoxy) is 1. The van der Waals surface area contributed by atoms with Gasteiger partial charge in [-0.1, -0.05) is 25.4 Å². The summed E-state index contributed by atoms with van der Waals surface area (Å²) >= 11 is 6.06. The second-order valence-corrected chi connectivity index (χ2v) is 4.56. The highest BCUT2D eigenvalue weighted by molar-refractivity contribution is 6.31. The highest BCUT2D eigenvalue weighted by atomic mass is 35.5. The molecule has 0 amide bonds. The van der Waals surface area contributed by atoms with Crippen LogP contribution < -0.4 is 4.90 Å². The third-order valence-electron chi connectivity index (χ3n) is 2.60. The van der Waals surface area contributed by atoms with Crippen molar-refractivity contribution in [1.29, 1.82) is 0 Å². The van der Waals surface area contributed by atoms with Crippen LogP contribution in [-0.4, -0.2) is 36.3 Å². The molecule has 0 atom stereocenters. The lowest BCUT2D eigenvalue weighted by Gasteiger charge is -2.27. The number of hydrogen-bond donors (Lipinski definition) is 0. The zero-order valence-electron chi connectivity index (χ0n) is 9.61. The Morgan fingerprint density at radius 2 is 2.06 bits per heavy atom. The normalized spacial score (nSPS) is 16.9. The number of aromatic nitrogens is 2. The van der Waals surface area contributed by atoms with Crippen LogP contribution in [0, 0.1) is 0 Å². The van der Waals surface area contributed by atoms with Crippen molar-refractivity contribution in [3.63, 3.8) is 0 Å². The molecule has 1 aromatic rings. The van der Waals surface area contributed by atoms with Gasteiger partial charge in [0.15, 0.2) is 0 Å². The van der Waals surface area contributed by atoms with Crippen molar-refractivity contribution in [1.82, 2.24) is 9.97 Å². The Kier molecular flexibility index (Phi) is 3.61. The summed E-state index contributed by atoms with van der Waals surface area (Å²) in [5, 5.41) is 0.645. The summed E-state index contributed by atoms with van der Waals surface area (Å²) in [6.45, 7) is 7.33. The van der Waals surface area contributed by atoms with Crippen LogP contribution in [0.2, 0.25) is 5.02 Å². The van der Waals surface area contributed by atoms with Gasteiger partial charge in [-0.3, -0.25) is 0 Å². The third kappa shape index (κ3) is 2.44. The number of rotatable bonds is 2. The van der Waals surface area contributed by atoms with Crippen LogP contribution >= 0.6 is 11.6 Å². The third-order valence-corrected chi connectivity index (χ3v) is 2.89. The number of anilines is 1. The second-order valence-electron chi connectivity index (χ2n) is 4.16. The minimum Gasteiger partial charge on any atom is -0.378 e. The van der Waals surface area contributed by atoms with Crippen LogP contribution in [-0.2, 0) is 4.74 Å². The van der Waals surface area contributed by atoms with Crippen LogP contribution in [0.15, 0.2) is 6.20 Å². The maximum atomic E-state index is 6.06. The molecule has 0 aromatic carbocycles. The summed E-state index contributed by atoms with van der Waals surface area (Å²) in [6, 6.07) is 0. The molecule has 0 spiro atoms. The van der Waals surface area contributed by atoms with E-state index in [0.29, 0.717) is 10.9 Å². The number of nitrogens with zero attached hydrogens (tertiary/aromatic N) is 3. The number of halogens is 1. The fourth-order valence-electron chi connectivity index (χ4n) is 1.69. The van der Waals surface area contributed by atoms with Crippen molar-refractivity contribution in [3.8, 4) is 0 Å². The first-order valence-corrected chi connectivity index (χ1v) is 5.91. The lowest BCUT2D eigenvalue weighted by atomic mass is 10.1. The van der Waals surface area contributed by atoms with Gasteiger partial charge in [-0.2, -0.15) is 0 Å². The Labute approximate surface area is 101 Å². The van der Waals surface area contributed by atoms with E-state index in [-0.39, 0.29) is 0 Å². The van der Waals surface area contributed by atoms with E-state index >= 15 is 0 Å². The van der Waals surface area contributed by atoms with Gasteiger partial charge >= 0.3 is 0 Å². The minimum atomic E-state index is 0.315. The topological polar surface area (TPSA) is 38.2 Å². The number of morpholine rings is 1. The molecule has 1 aromatic heterocycles.